The maximum atomic E-state index is 14.4. The SMILES string of the molecule is CCOc1ccc(/C=C2\CCCC3C2=NN(C(=O)C2(S(=O)(=O)c4ccccc4)CC2)C3c2ccc(OCC)cc2)cc1. The minimum atomic E-state index is -3.89. The summed E-state index contributed by atoms with van der Waals surface area (Å²) in [6.45, 7) is 5.06. The van der Waals surface area contributed by atoms with Crippen molar-refractivity contribution >= 4 is 27.5 Å². The first-order valence-electron chi connectivity index (χ1n) is 14.8. The molecular formula is C34H36N2O5S. The molecule has 0 spiro atoms. The Morgan fingerprint density at radius 3 is 2.14 bits per heavy atom. The molecule has 8 heteroatoms. The number of hydrazone groups is 1. The minimum absolute atomic E-state index is 0.0372. The van der Waals surface area contributed by atoms with Gasteiger partial charge in [0.2, 0.25) is 0 Å². The van der Waals surface area contributed by atoms with Crippen molar-refractivity contribution in [2.45, 2.75) is 61.6 Å². The predicted molar refractivity (Wildman–Crippen MR) is 163 cm³/mol. The Balaban J connectivity index is 1.40. The normalized spacial score (nSPS) is 21.9. The highest BCUT2D eigenvalue weighted by Crippen LogP contribution is 2.52. The quantitative estimate of drug-likeness (QED) is 0.282. The molecule has 1 heterocycles. The van der Waals surface area contributed by atoms with Crippen LogP contribution in [0.25, 0.3) is 6.08 Å². The lowest BCUT2D eigenvalue weighted by Crippen LogP contribution is -2.43. The van der Waals surface area contributed by atoms with Crippen molar-refractivity contribution in [2.75, 3.05) is 13.2 Å². The van der Waals surface area contributed by atoms with E-state index in [1.165, 1.54) is 5.01 Å². The highest BCUT2D eigenvalue weighted by molar-refractivity contribution is 7.94. The monoisotopic (exact) mass is 584 g/mol. The van der Waals surface area contributed by atoms with Gasteiger partial charge in [-0.05, 0) is 105 Å². The third kappa shape index (κ3) is 5.02. The van der Waals surface area contributed by atoms with E-state index in [0.29, 0.717) is 26.1 Å². The Hall–Kier alpha value is -3.91. The highest BCUT2D eigenvalue weighted by Gasteiger charge is 2.64. The van der Waals surface area contributed by atoms with Gasteiger partial charge in [-0.2, -0.15) is 5.10 Å². The first-order valence-corrected chi connectivity index (χ1v) is 16.2. The van der Waals surface area contributed by atoms with Crippen molar-refractivity contribution in [3.63, 3.8) is 0 Å². The zero-order valence-electron chi connectivity index (χ0n) is 24.0. The van der Waals surface area contributed by atoms with Crippen LogP contribution in [0.2, 0.25) is 0 Å². The van der Waals surface area contributed by atoms with E-state index < -0.39 is 26.5 Å². The van der Waals surface area contributed by atoms with Gasteiger partial charge in [-0.3, -0.25) is 4.79 Å². The van der Waals surface area contributed by atoms with Crippen LogP contribution >= 0.6 is 0 Å². The molecule has 0 bridgehead atoms. The van der Waals surface area contributed by atoms with E-state index in [0.717, 1.165) is 53.2 Å². The summed E-state index contributed by atoms with van der Waals surface area (Å²) in [7, 11) is -3.89. The van der Waals surface area contributed by atoms with Gasteiger partial charge in [-0.25, -0.2) is 13.4 Å². The van der Waals surface area contributed by atoms with E-state index in [-0.39, 0.29) is 10.8 Å². The first-order chi connectivity index (χ1) is 20.4. The number of nitrogens with zero attached hydrogens (tertiary/aromatic N) is 2. The lowest BCUT2D eigenvalue weighted by Gasteiger charge is -2.31. The zero-order chi connectivity index (χ0) is 29.3. The molecule has 2 aliphatic carbocycles. The summed E-state index contributed by atoms with van der Waals surface area (Å²) in [5.74, 6) is 1.10. The van der Waals surface area contributed by atoms with Crippen molar-refractivity contribution in [1.82, 2.24) is 5.01 Å². The van der Waals surface area contributed by atoms with Crippen LogP contribution in [0.4, 0.5) is 0 Å². The number of amides is 1. The number of sulfone groups is 1. The van der Waals surface area contributed by atoms with Crippen molar-refractivity contribution in [2.24, 2.45) is 11.0 Å². The Morgan fingerprint density at radius 2 is 1.55 bits per heavy atom. The van der Waals surface area contributed by atoms with Gasteiger partial charge in [-0.1, -0.05) is 42.5 Å². The lowest BCUT2D eigenvalue weighted by atomic mass is 9.77. The molecule has 1 amide bonds. The molecule has 2 saturated carbocycles. The summed E-state index contributed by atoms with van der Waals surface area (Å²) in [6, 6.07) is 23.6. The van der Waals surface area contributed by atoms with Crippen molar-refractivity contribution in [3.05, 3.63) is 95.6 Å². The second-order valence-electron chi connectivity index (χ2n) is 11.1. The molecule has 0 aromatic heterocycles. The van der Waals surface area contributed by atoms with Crippen LogP contribution in [0.15, 0.2) is 94.4 Å². The highest BCUT2D eigenvalue weighted by atomic mass is 32.2. The Bertz CT molecular complexity index is 1610. The van der Waals surface area contributed by atoms with E-state index in [2.05, 4.69) is 6.08 Å². The van der Waals surface area contributed by atoms with Gasteiger partial charge in [0.05, 0.1) is 29.9 Å². The molecule has 1 aliphatic heterocycles. The molecule has 6 rings (SSSR count). The largest absolute Gasteiger partial charge is 0.494 e. The molecular weight excluding hydrogens is 548 g/mol. The van der Waals surface area contributed by atoms with Gasteiger partial charge in [0.1, 0.15) is 11.5 Å². The van der Waals surface area contributed by atoms with Gasteiger partial charge < -0.3 is 9.47 Å². The molecule has 218 valence electrons. The number of rotatable bonds is 9. The number of ether oxygens (including phenoxy) is 2. The maximum absolute atomic E-state index is 14.4. The topological polar surface area (TPSA) is 85.3 Å². The summed E-state index contributed by atoms with van der Waals surface area (Å²) < 4.78 is 37.4. The van der Waals surface area contributed by atoms with Gasteiger partial charge >= 0.3 is 0 Å². The summed E-state index contributed by atoms with van der Waals surface area (Å²) in [5, 5.41) is 6.48. The fourth-order valence-corrected chi connectivity index (χ4v) is 8.13. The molecule has 2 unspecified atom stereocenters. The molecule has 2 atom stereocenters. The number of hydrogen-bond acceptors (Lipinski definition) is 6. The number of allylic oxidation sites excluding steroid dienone is 1. The van der Waals surface area contributed by atoms with E-state index in [1.54, 1.807) is 30.3 Å². The Kier molecular flexibility index (Phi) is 7.66. The fourth-order valence-electron chi connectivity index (χ4n) is 6.20. The number of hydrogen-bond donors (Lipinski definition) is 0. The predicted octanol–water partition coefficient (Wildman–Crippen LogP) is 6.61. The van der Waals surface area contributed by atoms with Gasteiger partial charge in [0.25, 0.3) is 5.91 Å². The molecule has 0 N–H and O–H groups in total. The smallest absolute Gasteiger partial charge is 0.265 e. The summed E-state index contributed by atoms with van der Waals surface area (Å²) in [5.41, 5.74) is 3.91. The van der Waals surface area contributed by atoms with E-state index >= 15 is 0 Å². The Labute approximate surface area is 247 Å². The molecule has 3 aromatic carbocycles. The molecule has 42 heavy (non-hydrogen) atoms. The Morgan fingerprint density at radius 1 is 0.929 bits per heavy atom. The van der Waals surface area contributed by atoms with Crippen LogP contribution < -0.4 is 9.47 Å². The molecule has 0 radical (unpaired) electrons. The van der Waals surface area contributed by atoms with Gasteiger partial charge in [0, 0.05) is 5.92 Å². The number of benzene rings is 3. The fraction of sp³-hybridized carbons (Fsp3) is 0.353. The van der Waals surface area contributed by atoms with Crippen molar-refractivity contribution in [3.8, 4) is 11.5 Å². The van der Waals surface area contributed by atoms with Crippen LogP contribution in [0.3, 0.4) is 0 Å². The average molecular weight is 585 g/mol. The van der Waals surface area contributed by atoms with Crippen LogP contribution in [0.5, 0.6) is 11.5 Å². The van der Waals surface area contributed by atoms with E-state index in [4.69, 9.17) is 14.6 Å². The van der Waals surface area contributed by atoms with Crippen LogP contribution in [0.1, 0.15) is 63.1 Å². The van der Waals surface area contributed by atoms with Crippen LogP contribution in [-0.2, 0) is 14.6 Å². The third-order valence-electron chi connectivity index (χ3n) is 8.44. The lowest BCUT2D eigenvalue weighted by molar-refractivity contribution is -0.134. The number of fused-ring (bicyclic) bond motifs is 1. The molecule has 3 aromatic rings. The van der Waals surface area contributed by atoms with E-state index in [1.807, 2.05) is 62.4 Å². The minimum Gasteiger partial charge on any atom is -0.494 e. The van der Waals surface area contributed by atoms with E-state index in [9.17, 15) is 13.2 Å². The number of carbonyl (C=O) groups excluding carboxylic acids is 1. The van der Waals surface area contributed by atoms with Crippen molar-refractivity contribution in [1.29, 1.82) is 0 Å². The van der Waals surface area contributed by atoms with Crippen molar-refractivity contribution < 1.29 is 22.7 Å². The summed E-state index contributed by atoms with van der Waals surface area (Å²) in [4.78, 5) is 14.6. The number of carbonyl (C=O) groups is 1. The third-order valence-corrected chi connectivity index (χ3v) is 10.9. The van der Waals surface area contributed by atoms with Gasteiger partial charge in [-0.15, -0.1) is 0 Å². The second-order valence-corrected chi connectivity index (χ2v) is 13.3. The average Bonchev–Trinajstić information content (AvgIpc) is 3.75. The second kappa shape index (κ2) is 11.4. The van der Waals surface area contributed by atoms with Gasteiger partial charge in [0.15, 0.2) is 14.6 Å². The standard InChI is InChI=1S/C34H36N2O5S/c1-3-40-27-17-13-24(14-18-27)23-26-9-8-12-30-31(26)35-36(32(30)25-15-19-28(20-16-25)41-4-2)33(37)34(21-22-34)42(38,39)29-10-6-5-7-11-29/h5-7,10-11,13-20,23,30,32H,3-4,8-9,12,21-22H2,1-2H3/b26-23+. The molecule has 0 saturated heterocycles. The first kappa shape index (κ1) is 28.2. The summed E-state index contributed by atoms with van der Waals surface area (Å²) in [6.07, 6.45) is 5.38. The molecule has 2 fully saturated rings. The maximum Gasteiger partial charge on any atom is 0.265 e. The molecule has 7 nitrogen and oxygen atoms in total. The van der Waals surface area contributed by atoms with Crippen LogP contribution in [0, 0.1) is 5.92 Å². The molecule has 3 aliphatic rings. The van der Waals surface area contributed by atoms with Crippen LogP contribution in [-0.4, -0.2) is 43.0 Å². The zero-order valence-corrected chi connectivity index (χ0v) is 24.8. The summed E-state index contributed by atoms with van der Waals surface area (Å²) >= 11 is 0.